The van der Waals surface area contributed by atoms with E-state index in [1.54, 1.807) is 24.3 Å². The summed E-state index contributed by atoms with van der Waals surface area (Å²) in [4.78, 5) is 27.1. The SMILES string of the molecule is CC(C)(Oc1ccc(Cl)cc1)C(=O)O/N=C(/N)c1ccc([N+](=O)[O-])cc1. The lowest BCUT2D eigenvalue weighted by atomic mass is 10.1. The molecule has 0 saturated heterocycles. The van der Waals surface area contributed by atoms with Crippen molar-refractivity contribution >= 4 is 29.1 Å². The summed E-state index contributed by atoms with van der Waals surface area (Å²) in [5.41, 5.74) is 4.69. The molecule has 0 spiro atoms. The van der Waals surface area contributed by atoms with Gasteiger partial charge in [0.1, 0.15) is 5.75 Å². The van der Waals surface area contributed by atoms with Gasteiger partial charge < -0.3 is 15.3 Å². The zero-order chi connectivity index (χ0) is 19.3. The Morgan fingerprint density at radius 3 is 2.27 bits per heavy atom. The minimum atomic E-state index is -1.33. The van der Waals surface area contributed by atoms with Crippen molar-refractivity contribution in [2.24, 2.45) is 10.9 Å². The number of halogens is 1. The quantitative estimate of drug-likeness (QED) is 0.271. The predicted octanol–water partition coefficient (Wildman–Crippen LogP) is 3.27. The number of ether oxygens (including phenoxy) is 1. The Bertz CT molecular complexity index is 832. The van der Waals surface area contributed by atoms with Crippen LogP contribution in [0.1, 0.15) is 19.4 Å². The van der Waals surface area contributed by atoms with E-state index in [0.29, 0.717) is 16.3 Å². The third-order valence-electron chi connectivity index (χ3n) is 3.28. The highest BCUT2D eigenvalue weighted by Crippen LogP contribution is 2.22. The van der Waals surface area contributed by atoms with Gasteiger partial charge in [-0.2, -0.15) is 0 Å². The largest absolute Gasteiger partial charge is 0.476 e. The fourth-order valence-electron chi connectivity index (χ4n) is 1.85. The van der Waals surface area contributed by atoms with Crippen molar-refractivity contribution in [1.82, 2.24) is 0 Å². The first-order valence-electron chi connectivity index (χ1n) is 7.43. The Hall–Kier alpha value is -3.13. The van der Waals surface area contributed by atoms with E-state index >= 15 is 0 Å². The number of nitro groups is 1. The van der Waals surface area contributed by atoms with Crippen LogP contribution in [0.15, 0.2) is 53.7 Å². The lowest BCUT2D eigenvalue weighted by molar-refractivity contribution is -0.384. The van der Waals surface area contributed by atoms with Crippen LogP contribution in [0.3, 0.4) is 0 Å². The van der Waals surface area contributed by atoms with Gasteiger partial charge in [-0.3, -0.25) is 10.1 Å². The Labute approximate surface area is 154 Å². The van der Waals surface area contributed by atoms with E-state index in [1.165, 1.54) is 38.1 Å². The summed E-state index contributed by atoms with van der Waals surface area (Å²) in [6, 6.07) is 11.8. The van der Waals surface area contributed by atoms with Gasteiger partial charge in [-0.15, -0.1) is 0 Å². The molecule has 9 heteroatoms. The first-order chi connectivity index (χ1) is 12.2. The van der Waals surface area contributed by atoms with Gasteiger partial charge >= 0.3 is 5.97 Å². The number of nitrogens with zero attached hydrogens (tertiary/aromatic N) is 2. The highest BCUT2D eigenvalue weighted by molar-refractivity contribution is 6.30. The molecule has 0 aliphatic carbocycles. The summed E-state index contributed by atoms with van der Waals surface area (Å²) in [6.45, 7) is 3.03. The number of amidine groups is 1. The number of benzene rings is 2. The summed E-state index contributed by atoms with van der Waals surface area (Å²) < 4.78 is 5.58. The maximum absolute atomic E-state index is 12.2. The molecule has 0 bridgehead atoms. The molecule has 0 radical (unpaired) electrons. The second-order valence-corrected chi connectivity index (χ2v) is 6.16. The van der Waals surface area contributed by atoms with Gasteiger partial charge in [-0.1, -0.05) is 16.8 Å². The Morgan fingerprint density at radius 1 is 1.15 bits per heavy atom. The van der Waals surface area contributed by atoms with Gasteiger partial charge in [0.05, 0.1) is 4.92 Å². The van der Waals surface area contributed by atoms with Crippen LogP contribution >= 0.6 is 11.6 Å². The van der Waals surface area contributed by atoms with E-state index in [1.807, 2.05) is 0 Å². The van der Waals surface area contributed by atoms with E-state index in [9.17, 15) is 14.9 Å². The van der Waals surface area contributed by atoms with Crippen LogP contribution in [0.25, 0.3) is 0 Å². The Morgan fingerprint density at radius 2 is 1.73 bits per heavy atom. The molecule has 2 aromatic carbocycles. The second-order valence-electron chi connectivity index (χ2n) is 5.73. The number of nitrogens with two attached hydrogens (primary N) is 1. The average Bonchev–Trinajstić information content (AvgIpc) is 2.61. The summed E-state index contributed by atoms with van der Waals surface area (Å²) >= 11 is 5.80. The van der Waals surface area contributed by atoms with Crippen LogP contribution < -0.4 is 10.5 Å². The van der Waals surface area contributed by atoms with E-state index in [0.717, 1.165) is 0 Å². The molecule has 8 nitrogen and oxygen atoms in total. The maximum Gasteiger partial charge on any atom is 0.377 e. The number of rotatable bonds is 6. The molecule has 0 fully saturated rings. The molecule has 2 N–H and O–H groups in total. The van der Waals surface area contributed by atoms with E-state index in [2.05, 4.69) is 5.16 Å². The molecule has 0 heterocycles. The second kappa shape index (κ2) is 7.83. The molecule has 0 amide bonds. The van der Waals surface area contributed by atoms with Crippen LogP contribution in [0.4, 0.5) is 5.69 Å². The van der Waals surface area contributed by atoms with Crippen molar-refractivity contribution in [2.75, 3.05) is 0 Å². The molecule has 0 aliphatic heterocycles. The van der Waals surface area contributed by atoms with Crippen LogP contribution in [0, 0.1) is 10.1 Å². The molecule has 26 heavy (non-hydrogen) atoms. The number of hydrogen-bond acceptors (Lipinski definition) is 6. The minimum Gasteiger partial charge on any atom is -0.476 e. The van der Waals surface area contributed by atoms with Crippen LogP contribution in [0.2, 0.25) is 5.02 Å². The maximum atomic E-state index is 12.2. The molecule has 0 unspecified atom stereocenters. The lowest BCUT2D eigenvalue weighted by Crippen LogP contribution is -2.39. The lowest BCUT2D eigenvalue weighted by Gasteiger charge is -2.22. The average molecular weight is 378 g/mol. The van der Waals surface area contributed by atoms with Crippen LogP contribution in [-0.4, -0.2) is 22.3 Å². The summed E-state index contributed by atoms with van der Waals surface area (Å²) in [6.07, 6.45) is 0. The minimum absolute atomic E-state index is 0.0870. The topological polar surface area (TPSA) is 117 Å². The molecule has 2 aromatic rings. The number of nitro benzene ring substituents is 1. The third-order valence-corrected chi connectivity index (χ3v) is 3.53. The summed E-state index contributed by atoms with van der Waals surface area (Å²) in [7, 11) is 0. The smallest absolute Gasteiger partial charge is 0.377 e. The van der Waals surface area contributed by atoms with Crippen molar-refractivity contribution in [2.45, 2.75) is 19.4 Å². The first kappa shape index (κ1) is 19.2. The van der Waals surface area contributed by atoms with Crippen molar-refractivity contribution < 1.29 is 19.3 Å². The predicted molar refractivity (Wildman–Crippen MR) is 96.1 cm³/mol. The van der Waals surface area contributed by atoms with Gasteiger partial charge in [0.15, 0.2) is 5.84 Å². The van der Waals surface area contributed by atoms with Crippen molar-refractivity contribution in [3.8, 4) is 5.75 Å². The first-order valence-corrected chi connectivity index (χ1v) is 7.81. The fraction of sp³-hybridized carbons (Fsp3) is 0.176. The van der Waals surface area contributed by atoms with Gasteiger partial charge in [-0.25, -0.2) is 4.79 Å². The van der Waals surface area contributed by atoms with Crippen LogP contribution in [0.5, 0.6) is 5.75 Å². The molecule has 0 aliphatic rings. The summed E-state index contributed by atoms with van der Waals surface area (Å²) in [5, 5.41) is 14.7. The van der Waals surface area contributed by atoms with E-state index in [-0.39, 0.29) is 11.5 Å². The fourth-order valence-corrected chi connectivity index (χ4v) is 1.97. The Balaban J connectivity index is 2.03. The van der Waals surface area contributed by atoms with Gasteiger partial charge in [0.25, 0.3) is 5.69 Å². The molecule has 136 valence electrons. The number of non-ortho nitro benzene ring substituents is 1. The van der Waals surface area contributed by atoms with Gasteiger partial charge in [-0.05, 0) is 50.2 Å². The monoisotopic (exact) mass is 377 g/mol. The van der Waals surface area contributed by atoms with Crippen molar-refractivity contribution in [3.05, 3.63) is 69.2 Å². The normalized spacial score (nSPS) is 11.7. The molecule has 0 atom stereocenters. The number of hydrogen-bond donors (Lipinski definition) is 1. The molecule has 2 rings (SSSR count). The number of carbonyl (C=O) groups excluding carboxylic acids is 1. The highest BCUT2D eigenvalue weighted by Gasteiger charge is 2.32. The third kappa shape index (κ3) is 4.93. The highest BCUT2D eigenvalue weighted by atomic mass is 35.5. The molecular formula is C17H16ClN3O5. The van der Waals surface area contributed by atoms with Crippen LogP contribution in [-0.2, 0) is 9.63 Å². The number of oxime groups is 1. The zero-order valence-electron chi connectivity index (χ0n) is 14.0. The molecule has 0 saturated carbocycles. The van der Waals surface area contributed by atoms with Crippen molar-refractivity contribution in [3.63, 3.8) is 0 Å². The van der Waals surface area contributed by atoms with Gasteiger partial charge in [0.2, 0.25) is 5.60 Å². The molecule has 0 aromatic heterocycles. The summed E-state index contributed by atoms with van der Waals surface area (Å²) in [5.74, 6) is -0.434. The van der Waals surface area contributed by atoms with E-state index in [4.69, 9.17) is 26.9 Å². The van der Waals surface area contributed by atoms with Gasteiger partial charge in [0, 0.05) is 22.7 Å². The van der Waals surface area contributed by atoms with E-state index < -0.39 is 16.5 Å². The standard InChI is InChI=1S/C17H16ClN3O5/c1-17(2,25-14-9-5-12(18)6-10-14)16(22)26-20-15(19)11-3-7-13(8-4-11)21(23)24/h3-10H,1-2H3,(H2,19,20). The van der Waals surface area contributed by atoms with Crippen molar-refractivity contribution in [1.29, 1.82) is 0 Å². The Kier molecular flexibility index (Phi) is 5.78. The molecular weight excluding hydrogens is 362 g/mol. The zero-order valence-corrected chi connectivity index (χ0v) is 14.8. The number of carbonyl (C=O) groups is 1.